The summed E-state index contributed by atoms with van der Waals surface area (Å²) in [5.41, 5.74) is 2.28. The van der Waals surface area contributed by atoms with Crippen LogP contribution in [0.2, 0.25) is 0 Å². The molecule has 2 aliphatic heterocycles. The normalized spacial score (nSPS) is 20.5. The summed E-state index contributed by atoms with van der Waals surface area (Å²) in [6.45, 7) is 9.14. The van der Waals surface area contributed by atoms with Gasteiger partial charge in [0.25, 0.3) is 0 Å². The second-order valence-corrected chi connectivity index (χ2v) is 7.97. The number of carbonyl (C=O) groups is 3. The van der Waals surface area contributed by atoms with Crippen molar-refractivity contribution in [1.82, 2.24) is 14.7 Å². The van der Waals surface area contributed by atoms with E-state index in [1.807, 2.05) is 54.8 Å². The van der Waals surface area contributed by atoms with Gasteiger partial charge in [0.2, 0.25) is 17.7 Å². The van der Waals surface area contributed by atoms with Crippen LogP contribution in [0.1, 0.15) is 31.4 Å². The van der Waals surface area contributed by atoms with Crippen molar-refractivity contribution in [2.45, 2.75) is 33.7 Å². The van der Waals surface area contributed by atoms with Gasteiger partial charge in [-0.1, -0.05) is 43.7 Å². The fourth-order valence-electron chi connectivity index (χ4n) is 3.77. The Morgan fingerprint density at radius 2 is 1.63 bits per heavy atom. The van der Waals surface area contributed by atoms with Crippen molar-refractivity contribution >= 4 is 17.7 Å². The molecule has 0 N–H and O–H groups in total. The molecular formula is C21H29N3O3. The van der Waals surface area contributed by atoms with E-state index in [1.54, 1.807) is 4.90 Å². The number of likely N-dealkylation sites (tertiary alicyclic amines) is 1. The highest BCUT2D eigenvalue weighted by Gasteiger charge is 2.37. The van der Waals surface area contributed by atoms with Gasteiger partial charge in [-0.05, 0) is 12.5 Å². The van der Waals surface area contributed by atoms with E-state index < -0.39 is 0 Å². The SMILES string of the molecule is Cc1ccc(CN2CC(C(=O)N3CCN(C(=O)C(C)C)CC3)CC2=O)cc1. The molecule has 2 aliphatic rings. The zero-order valence-electron chi connectivity index (χ0n) is 16.5. The lowest BCUT2D eigenvalue weighted by molar-refractivity contribution is -0.143. The van der Waals surface area contributed by atoms with E-state index >= 15 is 0 Å². The van der Waals surface area contributed by atoms with Gasteiger partial charge < -0.3 is 14.7 Å². The fraction of sp³-hybridized carbons (Fsp3) is 0.571. The molecule has 2 heterocycles. The maximum atomic E-state index is 12.8. The van der Waals surface area contributed by atoms with E-state index in [9.17, 15) is 14.4 Å². The number of rotatable bonds is 4. The van der Waals surface area contributed by atoms with Crippen molar-refractivity contribution in [3.63, 3.8) is 0 Å². The third-order valence-corrected chi connectivity index (χ3v) is 5.45. The summed E-state index contributed by atoms with van der Waals surface area (Å²) in [7, 11) is 0. The molecule has 27 heavy (non-hydrogen) atoms. The molecule has 2 saturated heterocycles. The summed E-state index contributed by atoms with van der Waals surface area (Å²) in [5.74, 6) is -0.0540. The van der Waals surface area contributed by atoms with Gasteiger partial charge in [0.15, 0.2) is 0 Å². The molecular weight excluding hydrogens is 342 g/mol. The molecule has 1 aromatic carbocycles. The molecule has 0 radical (unpaired) electrons. The second kappa shape index (κ2) is 8.11. The van der Waals surface area contributed by atoms with Crippen LogP contribution in [0.4, 0.5) is 0 Å². The largest absolute Gasteiger partial charge is 0.339 e. The Balaban J connectivity index is 1.53. The van der Waals surface area contributed by atoms with Gasteiger partial charge in [-0.2, -0.15) is 0 Å². The molecule has 1 aromatic rings. The van der Waals surface area contributed by atoms with Crippen molar-refractivity contribution in [1.29, 1.82) is 0 Å². The Hall–Kier alpha value is -2.37. The summed E-state index contributed by atoms with van der Waals surface area (Å²) < 4.78 is 0. The van der Waals surface area contributed by atoms with Gasteiger partial charge in [-0.25, -0.2) is 0 Å². The topological polar surface area (TPSA) is 60.9 Å². The first-order valence-corrected chi connectivity index (χ1v) is 9.76. The molecule has 2 fully saturated rings. The van der Waals surface area contributed by atoms with Gasteiger partial charge in [-0.3, -0.25) is 14.4 Å². The predicted molar refractivity (Wildman–Crippen MR) is 103 cm³/mol. The first-order valence-electron chi connectivity index (χ1n) is 9.76. The Morgan fingerprint density at radius 3 is 2.22 bits per heavy atom. The number of piperazine rings is 1. The minimum absolute atomic E-state index is 0.0185. The molecule has 0 spiro atoms. The quantitative estimate of drug-likeness (QED) is 0.809. The van der Waals surface area contributed by atoms with Crippen molar-refractivity contribution in [2.75, 3.05) is 32.7 Å². The Morgan fingerprint density at radius 1 is 1.04 bits per heavy atom. The van der Waals surface area contributed by atoms with Crippen LogP contribution in [0.25, 0.3) is 0 Å². The molecule has 0 aromatic heterocycles. The highest BCUT2D eigenvalue weighted by atomic mass is 16.2. The van der Waals surface area contributed by atoms with Crippen LogP contribution in [0.5, 0.6) is 0 Å². The van der Waals surface area contributed by atoms with Gasteiger partial charge in [0, 0.05) is 51.6 Å². The first-order chi connectivity index (χ1) is 12.8. The third-order valence-electron chi connectivity index (χ3n) is 5.45. The molecule has 3 rings (SSSR count). The van der Waals surface area contributed by atoms with Crippen LogP contribution in [0.15, 0.2) is 24.3 Å². The molecule has 0 saturated carbocycles. The van der Waals surface area contributed by atoms with Gasteiger partial charge in [0.05, 0.1) is 5.92 Å². The minimum Gasteiger partial charge on any atom is -0.339 e. The van der Waals surface area contributed by atoms with Crippen LogP contribution in [-0.2, 0) is 20.9 Å². The number of amides is 3. The average Bonchev–Trinajstić information content (AvgIpc) is 3.03. The zero-order chi connectivity index (χ0) is 19.6. The molecule has 3 amide bonds. The number of hydrogen-bond donors (Lipinski definition) is 0. The number of aryl methyl sites for hydroxylation is 1. The molecule has 0 aliphatic carbocycles. The van der Waals surface area contributed by atoms with Gasteiger partial charge in [-0.15, -0.1) is 0 Å². The minimum atomic E-state index is -0.268. The van der Waals surface area contributed by atoms with Gasteiger partial charge >= 0.3 is 0 Å². The fourth-order valence-corrected chi connectivity index (χ4v) is 3.77. The van der Waals surface area contributed by atoms with Crippen molar-refractivity contribution < 1.29 is 14.4 Å². The molecule has 1 unspecified atom stereocenters. The number of nitrogens with zero attached hydrogens (tertiary/aromatic N) is 3. The molecule has 1 atom stereocenters. The predicted octanol–water partition coefficient (Wildman–Crippen LogP) is 1.67. The number of carbonyl (C=O) groups excluding carboxylic acids is 3. The lowest BCUT2D eigenvalue weighted by Crippen LogP contribution is -2.53. The van der Waals surface area contributed by atoms with E-state index in [2.05, 4.69) is 0 Å². The summed E-state index contributed by atoms with van der Waals surface area (Å²) in [5, 5.41) is 0. The molecule has 6 heteroatoms. The maximum absolute atomic E-state index is 12.8. The lowest BCUT2D eigenvalue weighted by Gasteiger charge is -2.36. The smallest absolute Gasteiger partial charge is 0.228 e. The standard InChI is InChI=1S/C21H29N3O3/c1-15(2)20(26)22-8-10-23(11-9-22)21(27)18-12-19(25)24(14-18)13-17-6-4-16(3)5-7-17/h4-7,15,18H,8-14H2,1-3H3. The molecule has 0 bridgehead atoms. The highest BCUT2D eigenvalue weighted by molar-refractivity contribution is 5.89. The summed E-state index contributed by atoms with van der Waals surface area (Å²) in [6.07, 6.45) is 0.288. The molecule has 146 valence electrons. The summed E-state index contributed by atoms with van der Waals surface area (Å²) in [4.78, 5) is 42.7. The van der Waals surface area contributed by atoms with Crippen LogP contribution in [0, 0.1) is 18.8 Å². The Labute approximate surface area is 161 Å². The lowest BCUT2D eigenvalue weighted by atomic mass is 10.1. The summed E-state index contributed by atoms with van der Waals surface area (Å²) in [6, 6.07) is 8.14. The molecule has 6 nitrogen and oxygen atoms in total. The van der Waals surface area contributed by atoms with Crippen molar-refractivity contribution in [3.8, 4) is 0 Å². The average molecular weight is 371 g/mol. The summed E-state index contributed by atoms with van der Waals surface area (Å²) >= 11 is 0. The van der Waals surface area contributed by atoms with Crippen LogP contribution in [0.3, 0.4) is 0 Å². The van der Waals surface area contributed by atoms with E-state index in [0.29, 0.717) is 39.3 Å². The monoisotopic (exact) mass is 371 g/mol. The van der Waals surface area contributed by atoms with Crippen LogP contribution in [-0.4, -0.2) is 65.1 Å². The van der Waals surface area contributed by atoms with Crippen LogP contribution < -0.4 is 0 Å². The number of benzene rings is 1. The van der Waals surface area contributed by atoms with Crippen molar-refractivity contribution in [2.24, 2.45) is 11.8 Å². The highest BCUT2D eigenvalue weighted by Crippen LogP contribution is 2.23. The van der Waals surface area contributed by atoms with Crippen molar-refractivity contribution in [3.05, 3.63) is 35.4 Å². The zero-order valence-corrected chi connectivity index (χ0v) is 16.5. The second-order valence-electron chi connectivity index (χ2n) is 7.97. The Bertz CT molecular complexity index is 706. The van der Waals surface area contributed by atoms with Crippen LogP contribution >= 0.6 is 0 Å². The van der Waals surface area contributed by atoms with E-state index in [0.717, 1.165) is 5.56 Å². The van der Waals surface area contributed by atoms with E-state index in [-0.39, 0.29) is 36.0 Å². The number of hydrogen-bond acceptors (Lipinski definition) is 3. The van der Waals surface area contributed by atoms with Gasteiger partial charge in [0.1, 0.15) is 0 Å². The Kier molecular flexibility index (Phi) is 5.82. The first kappa shape index (κ1) is 19.4. The third kappa shape index (κ3) is 4.49. The maximum Gasteiger partial charge on any atom is 0.228 e. The van der Waals surface area contributed by atoms with E-state index in [1.165, 1.54) is 5.56 Å². The van der Waals surface area contributed by atoms with E-state index in [4.69, 9.17) is 0 Å².